The monoisotopic (exact) mass is 570 g/mol. The van der Waals surface area contributed by atoms with Crippen LogP contribution in [-0.2, 0) is 12.8 Å². The van der Waals surface area contributed by atoms with E-state index in [-0.39, 0.29) is 0 Å². The number of benzene rings is 3. The van der Waals surface area contributed by atoms with Gasteiger partial charge in [0.15, 0.2) is 0 Å². The van der Waals surface area contributed by atoms with Crippen LogP contribution in [-0.4, -0.2) is 10.2 Å². The summed E-state index contributed by atoms with van der Waals surface area (Å²) in [5.41, 5.74) is 15.3. The minimum Gasteiger partial charge on any atom is -0.507 e. The molecule has 4 atom stereocenters. The van der Waals surface area contributed by atoms with Crippen molar-refractivity contribution in [2.75, 3.05) is 0 Å². The molecule has 230 valence electrons. The van der Waals surface area contributed by atoms with Crippen LogP contribution in [0, 0.1) is 27.7 Å². The number of rotatable bonds is 12. The Balaban J connectivity index is 2.12. The van der Waals surface area contributed by atoms with E-state index in [4.69, 9.17) is 0 Å². The van der Waals surface area contributed by atoms with Gasteiger partial charge in [-0.1, -0.05) is 79.7 Å². The number of hydrogen-bond acceptors (Lipinski definition) is 2. The van der Waals surface area contributed by atoms with E-state index in [1.165, 1.54) is 44.5 Å². The Morgan fingerprint density at radius 3 is 0.857 bits per heavy atom. The van der Waals surface area contributed by atoms with E-state index in [1.807, 2.05) is 0 Å². The van der Waals surface area contributed by atoms with Gasteiger partial charge in [0.1, 0.15) is 11.5 Å². The van der Waals surface area contributed by atoms with Crippen molar-refractivity contribution in [2.24, 2.45) is 0 Å². The van der Waals surface area contributed by atoms with Crippen LogP contribution in [0.1, 0.15) is 172 Å². The Labute approximate surface area is 257 Å². The molecular formula is C40H58O2. The third-order valence-electron chi connectivity index (χ3n) is 10.7. The zero-order valence-electron chi connectivity index (χ0n) is 28.8. The third-order valence-corrected chi connectivity index (χ3v) is 10.7. The largest absolute Gasteiger partial charge is 0.507 e. The molecule has 0 aliphatic heterocycles. The molecule has 4 unspecified atom stereocenters. The van der Waals surface area contributed by atoms with Crippen molar-refractivity contribution in [2.45, 2.75) is 145 Å². The summed E-state index contributed by atoms with van der Waals surface area (Å²) in [7, 11) is 0. The van der Waals surface area contributed by atoms with E-state index in [0.29, 0.717) is 35.2 Å². The van der Waals surface area contributed by atoms with Crippen LogP contribution in [0.15, 0.2) is 24.3 Å². The van der Waals surface area contributed by atoms with Crippen molar-refractivity contribution in [1.82, 2.24) is 0 Å². The van der Waals surface area contributed by atoms with Gasteiger partial charge in [0.2, 0.25) is 0 Å². The highest BCUT2D eigenvalue weighted by atomic mass is 16.3. The first-order chi connectivity index (χ1) is 19.8. The Morgan fingerprint density at radius 1 is 0.452 bits per heavy atom. The second kappa shape index (κ2) is 14.2. The lowest BCUT2D eigenvalue weighted by molar-refractivity contribution is 0.448. The van der Waals surface area contributed by atoms with Gasteiger partial charge in [0, 0.05) is 0 Å². The van der Waals surface area contributed by atoms with E-state index < -0.39 is 0 Å². The predicted molar refractivity (Wildman–Crippen MR) is 182 cm³/mol. The molecule has 2 heteroatoms. The van der Waals surface area contributed by atoms with Crippen molar-refractivity contribution in [3.63, 3.8) is 0 Å². The molecule has 0 radical (unpaired) electrons. The SMILES string of the molecule is CCC(C)c1cc(Cc2c(C)c(C)c(Cc3cc(C(C)CC)c(O)c(C(C)CC)c3)c(C)c2C)cc(C(C)CC)c1O. The fraction of sp³-hybridized carbons (Fsp3) is 0.550. The Morgan fingerprint density at radius 2 is 0.667 bits per heavy atom. The summed E-state index contributed by atoms with van der Waals surface area (Å²) in [6.07, 6.45) is 5.80. The number of aromatic hydroxyl groups is 2. The maximum Gasteiger partial charge on any atom is 0.122 e. The van der Waals surface area contributed by atoms with Crippen LogP contribution in [0.25, 0.3) is 0 Å². The molecule has 3 rings (SSSR count). The van der Waals surface area contributed by atoms with Crippen molar-refractivity contribution in [3.05, 3.63) is 91.0 Å². The molecule has 0 aliphatic rings. The van der Waals surface area contributed by atoms with Gasteiger partial charge in [-0.2, -0.15) is 0 Å². The highest BCUT2D eigenvalue weighted by Crippen LogP contribution is 2.40. The van der Waals surface area contributed by atoms with Crippen molar-refractivity contribution >= 4 is 0 Å². The normalized spacial score (nSPS) is 14.6. The van der Waals surface area contributed by atoms with E-state index in [2.05, 4.69) is 107 Å². The van der Waals surface area contributed by atoms with E-state index >= 15 is 0 Å². The van der Waals surface area contributed by atoms with E-state index in [9.17, 15) is 10.2 Å². The summed E-state index contributed by atoms with van der Waals surface area (Å²) in [5.74, 6) is 2.30. The first-order valence-electron chi connectivity index (χ1n) is 16.6. The Kier molecular flexibility index (Phi) is 11.4. The molecule has 0 aromatic heterocycles. The maximum atomic E-state index is 11.2. The van der Waals surface area contributed by atoms with Crippen molar-refractivity contribution in [1.29, 1.82) is 0 Å². The van der Waals surface area contributed by atoms with Crippen LogP contribution < -0.4 is 0 Å². The molecule has 0 saturated heterocycles. The van der Waals surface area contributed by atoms with E-state index in [1.54, 1.807) is 0 Å². The first-order valence-corrected chi connectivity index (χ1v) is 16.6. The average molecular weight is 571 g/mol. The summed E-state index contributed by atoms with van der Waals surface area (Å²) in [4.78, 5) is 0. The summed E-state index contributed by atoms with van der Waals surface area (Å²) in [6.45, 7) is 26.9. The lowest BCUT2D eigenvalue weighted by atomic mass is 9.81. The van der Waals surface area contributed by atoms with E-state index in [0.717, 1.165) is 60.8 Å². The van der Waals surface area contributed by atoms with Gasteiger partial charge < -0.3 is 10.2 Å². The summed E-state index contributed by atoms with van der Waals surface area (Å²) in [6, 6.07) is 9.04. The van der Waals surface area contributed by atoms with Gasteiger partial charge in [0.05, 0.1) is 0 Å². The molecule has 0 saturated carbocycles. The molecule has 3 aromatic carbocycles. The first kappa shape index (κ1) is 33.8. The smallest absolute Gasteiger partial charge is 0.122 e. The van der Waals surface area contributed by atoms with Crippen LogP contribution in [0.2, 0.25) is 0 Å². The molecule has 2 nitrogen and oxygen atoms in total. The number of hydrogen-bond donors (Lipinski definition) is 2. The molecule has 42 heavy (non-hydrogen) atoms. The fourth-order valence-electron chi connectivity index (χ4n) is 6.48. The summed E-state index contributed by atoms with van der Waals surface area (Å²) >= 11 is 0. The second-order valence-electron chi connectivity index (χ2n) is 13.3. The maximum absolute atomic E-state index is 11.2. The Bertz CT molecular complexity index is 1200. The third kappa shape index (κ3) is 6.74. The van der Waals surface area contributed by atoms with Crippen LogP contribution >= 0.6 is 0 Å². The summed E-state index contributed by atoms with van der Waals surface area (Å²) < 4.78 is 0. The molecule has 0 bridgehead atoms. The molecule has 0 aliphatic carbocycles. The molecular weight excluding hydrogens is 512 g/mol. The standard InChI is InChI=1S/C40H58O2/c1-13-23(5)33-17-31(18-34(39(33)41)24(6)14-2)21-37-27(9)29(11)38(30(12)28(37)10)22-32-19-35(25(7)15-3)40(42)36(20-32)26(8)16-4/h17-20,23-26,41-42H,13-16,21-22H2,1-12H3. The number of phenolic OH excluding ortho intramolecular Hbond substituents is 2. The van der Waals surface area contributed by atoms with Crippen LogP contribution in [0.4, 0.5) is 0 Å². The van der Waals surface area contributed by atoms with Crippen molar-refractivity contribution < 1.29 is 10.2 Å². The minimum absolute atomic E-state index is 0.326. The van der Waals surface area contributed by atoms with Gasteiger partial charge in [-0.15, -0.1) is 0 Å². The molecule has 0 amide bonds. The van der Waals surface area contributed by atoms with Crippen LogP contribution in [0.5, 0.6) is 11.5 Å². The van der Waals surface area contributed by atoms with Gasteiger partial charge in [-0.3, -0.25) is 0 Å². The van der Waals surface area contributed by atoms with Gasteiger partial charge in [-0.25, -0.2) is 0 Å². The predicted octanol–water partition coefficient (Wildman–Crippen LogP) is 11.6. The van der Waals surface area contributed by atoms with Gasteiger partial charge >= 0.3 is 0 Å². The quantitative estimate of drug-likeness (QED) is 0.227. The lowest BCUT2D eigenvalue weighted by Gasteiger charge is -2.24. The fourth-order valence-corrected chi connectivity index (χ4v) is 6.48. The second-order valence-corrected chi connectivity index (χ2v) is 13.3. The van der Waals surface area contributed by atoms with Crippen molar-refractivity contribution in [3.8, 4) is 11.5 Å². The molecule has 2 N–H and O–H groups in total. The average Bonchev–Trinajstić information content (AvgIpc) is 2.99. The van der Waals surface area contributed by atoms with Crippen LogP contribution in [0.3, 0.4) is 0 Å². The number of phenols is 2. The zero-order valence-corrected chi connectivity index (χ0v) is 28.8. The van der Waals surface area contributed by atoms with Gasteiger partial charge in [-0.05, 0) is 157 Å². The molecule has 0 fully saturated rings. The minimum atomic E-state index is 0.326. The molecule has 0 heterocycles. The zero-order chi connectivity index (χ0) is 31.5. The summed E-state index contributed by atoms with van der Waals surface area (Å²) in [5, 5.41) is 22.4. The lowest BCUT2D eigenvalue weighted by Crippen LogP contribution is -2.09. The highest BCUT2D eigenvalue weighted by molar-refractivity contribution is 5.56. The Hall–Kier alpha value is -2.74. The topological polar surface area (TPSA) is 40.5 Å². The van der Waals surface area contributed by atoms with Gasteiger partial charge in [0.25, 0.3) is 0 Å². The molecule has 3 aromatic rings. The molecule has 0 spiro atoms. The highest BCUT2D eigenvalue weighted by Gasteiger charge is 2.22.